The largest absolute Gasteiger partial charge is 0.329 e. The summed E-state index contributed by atoms with van der Waals surface area (Å²) in [7, 11) is -3.03. The summed E-state index contributed by atoms with van der Waals surface area (Å²) in [4.78, 5) is 2.45. The van der Waals surface area contributed by atoms with E-state index < -0.39 is 9.84 Å². The van der Waals surface area contributed by atoms with E-state index in [1.807, 2.05) is 0 Å². The van der Waals surface area contributed by atoms with E-state index in [2.05, 4.69) is 11.8 Å². The molecule has 0 spiro atoms. The van der Waals surface area contributed by atoms with E-state index in [1.54, 1.807) is 0 Å². The minimum Gasteiger partial charge on any atom is -0.329 e. The van der Waals surface area contributed by atoms with Gasteiger partial charge in [0.1, 0.15) is 0 Å². The van der Waals surface area contributed by atoms with Crippen LogP contribution in [0, 0.1) is 5.92 Å². The zero-order chi connectivity index (χ0) is 15.5. The Bertz CT molecular complexity index is 438. The molecule has 0 bridgehead atoms. The second-order valence-corrected chi connectivity index (χ2v) is 9.32. The average Bonchev–Trinajstić information content (AvgIpc) is 2.75. The molecule has 0 aromatic carbocycles. The lowest BCUT2D eigenvalue weighted by Gasteiger charge is -2.44. The minimum absolute atomic E-state index is 0.266. The normalized spacial score (nSPS) is 35.8. The quantitative estimate of drug-likeness (QED) is 0.844. The van der Waals surface area contributed by atoms with Gasteiger partial charge in [-0.25, -0.2) is 8.42 Å². The standard InChI is InChI=1S/C16H32N2O2S/c1-3-6-14-7-5-11-18(12-9-14)16(13-17)10-4-8-15(16)21(2,19)20/h14-15H,3-13,17H2,1-2H3. The molecule has 4 nitrogen and oxygen atoms in total. The van der Waals surface area contributed by atoms with Crippen molar-refractivity contribution in [2.45, 2.75) is 69.1 Å². The maximum Gasteiger partial charge on any atom is 0.152 e. The molecule has 1 saturated carbocycles. The molecule has 5 heteroatoms. The monoisotopic (exact) mass is 316 g/mol. The Morgan fingerprint density at radius 1 is 1.19 bits per heavy atom. The Morgan fingerprint density at radius 3 is 2.57 bits per heavy atom. The third kappa shape index (κ3) is 3.62. The van der Waals surface area contributed by atoms with Gasteiger partial charge < -0.3 is 5.73 Å². The van der Waals surface area contributed by atoms with Crippen molar-refractivity contribution < 1.29 is 8.42 Å². The van der Waals surface area contributed by atoms with Gasteiger partial charge in [-0.15, -0.1) is 0 Å². The fourth-order valence-electron chi connectivity index (χ4n) is 4.67. The Hall–Kier alpha value is -0.130. The van der Waals surface area contributed by atoms with Crippen LogP contribution in [0.15, 0.2) is 0 Å². The average molecular weight is 317 g/mol. The molecular weight excluding hydrogens is 284 g/mol. The topological polar surface area (TPSA) is 63.4 Å². The number of nitrogens with zero attached hydrogens (tertiary/aromatic N) is 1. The van der Waals surface area contributed by atoms with Crippen LogP contribution in [0.25, 0.3) is 0 Å². The van der Waals surface area contributed by atoms with E-state index in [0.29, 0.717) is 6.54 Å². The summed E-state index contributed by atoms with van der Waals surface area (Å²) in [6.45, 7) is 4.77. The van der Waals surface area contributed by atoms with Gasteiger partial charge in [0.25, 0.3) is 0 Å². The van der Waals surface area contributed by atoms with Crippen LogP contribution in [-0.4, -0.2) is 50.0 Å². The predicted molar refractivity (Wildman–Crippen MR) is 88.1 cm³/mol. The smallest absolute Gasteiger partial charge is 0.152 e. The predicted octanol–water partition coefficient (Wildman–Crippen LogP) is 2.18. The first-order valence-corrected chi connectivity index (χ1v) is 10.5. The molecule has 21 heavy (non-hydrogen) atoms. The van der Waals surface area contributed by atoms with Crippen LogP contribution in [0.1, 0.15) is 58.3 Å². The lowest BCUT2D eigenvalue weighted by Crippen LogP contribution is -2.60. The Kier molecular flexibility index (Phi) is 5.71. The second kappa shape index (κ2) is 6.97. The van der Waals surface area contributed by atoms with Crippen LogP contribution in [0.5, 0.6) is 0 Å². The van der Waals surface area contributed by atoms with Crippen LogP contribution in [0.2, 0.25) is 0 Å². The van der Waals surface area contributed by atoms with Gasteiger partial charge in [-0.05, 0) is 51.1 Å². The molecule has 1 saturated heterocycles. The highest BCUT2D eigenvalue weighted by molar-refractivity contribution is 7.91. The Balaban J connectivity index is 2.16. The van der Waals surface area contributed by atoms with Gasteiger partial charge >= 0.3 is 0 Å². The number of nitrogens with two attached hydrogens (primary N) is 1. The molecule has 124 valence electrons. The van der Waals surface area contributed by atoms with Crippen molar-refractivity contribution in [2.75, 3.05) is 25.9 Å². The van der Waals surface area contributed by atoms with Crippen LogP contribution in [0.3, 0.4) is 0 Å². The van der Waals surface area contributed by atoms with Crippen molar-refractivity contribution in [3.63, 3.8) is 0 Å². The molecule has 2 N–H and O–H groups in total. The summed E-state index contributed by atoms with van der Waals surface area (Å²) in [5.41, 5.74) is 5.83. The molecular formula is C16H32N2O2S. The summed E-state index contributed by atoms with van der Waals surface area (Å²) in [6.07, 6.45) is 10.3. The van der Waals surface area contributed by atoms with E-state index in [0.717, 1.165) is 38.3 Å². The summed E-state index contributed by atoms with van der Waals surface area (Å²) in [5, 5.41) is -0.266. The van der Waals surface area contributed by atoms with Crippen LogP contribution >= 0.6 is 0 Å². The lowest BCUT2D eigenvalue weighted by atomic mass is 9.93. The molecule has 1 heterocycles. The van der Waals surface area contributed by atoms with Gasteiger partial charge in [0.15, 0.2) is 9.84 Å². The van der Waals surface area contributed by atoms with E-state index >= 15 is 0 Å². The maximum atomic E-state index is 12.2. The van der Waals surface area contributed by atoms with Crippen LogP contribution in [-0.2, 0) is 9.84 Å². The minimum atomic E-state index is -3.03. The fourth-order valence-corrected chi connectivity index (χ4v) is 6.42. The molecule has 3 unspecified atom stereocenters. The van der Waals surface area contributed by atoms with Gasteiger partial charge in [0.05, 0.1) is 5.25 Å². The van der Waals surface area contributed by atoms with Crippen molar-refractivity contribution in [3.05, 3.63) is 0 Å². The molecule has 0 aromatic rings. The summed E-state index contributed by atoms with van der Waals surface area (Å²) < 4.78 is 24.4. The number of hydrogen-bond donors (Lipinski definition) is 1. The molecule has 0 radical (unpaired) electrons. The molecule has 2 fully saturated rings. The van der Waals surface area contributed by atoms with E-state index in [4.69, 9.17) is 5.73 Å². The Morgan fingerprint density at radius 2 is 1.95 bits per heavy atom. The van der Waals surface area contributed by atoms with Gasteiger partial charge in [0.2, 0.25) is 0 Å². The van der Waals surface area contributed by atoms with Crippen LogP contribution < -0.4 is 5.73 Å². The summed E-state index contributed by atoms with van der Waals surface area (Å²) in [5.74, 6) is 0.813. The lowest BCUT2D eigenvalue weighted by molar-refractivity contribution is 0.104. The van der Waals surface area contributed by atoms with Crippen molar-refractivity contribution in [1.82, 2.24) is 4.90 Å². The Labute approximate surface area is 130 Å². The number of hydrogen-bond acceptors (Lipinski definition) is 4. The van der Waals surface area contributed by atoms with Crippen LogP contribution in [0.4, 0.5) is 0 Å². The van der Waals surface area contributed by atoms with Crippen molar-refractivity contribution in [2.24, 2.45) is 11.7 Å². The molecule has 0 aromatic heterocycles. The zero-order valence-corrected chi connectivity index (χ0v) is 14.5. The highest BCUT2D eigenvalue weighted by Gasteiger charge is 2.50. The van der Waals surface area contributed by atoms with Gasteiger partial charge in [-0.1, -0.05) is 26.2 Å². The van der Waals surface area contributed by atoms with E-state index in [-0.39, 0.29) is 10.8 Å². The summed E-state index contributed by atoms with van der Waals surface area (Å²) >= 11 is 0. The summed E-state index contributed by atoms with van der Waals surface area (Å²) in [6, 6.07) is 0. The van der Waals surface area contributed by atoms with Gasteiger partial charge in [-0.3, -0.25) is 4.90 Å². The maximum absolute atomic E-state index is 12.2. The van der Waals surface area contributed by atoms with E-state index in [1.165, 1.54) is 38.4 Å². The second-order valence-electron chi connectivity index (χ2n) is 7.09. The highest BCUT2D eigenvalue weighted by atomic mass is 32.2. The van der Waals surface area contributed by atoms with E-state index in [9.17, 15) is 8.42 Å². The number of likely N-dealkylation sites (tertiary alicyclic amines) is 1. The molecule has 2 rings (SSSR count). The first-order chi connectivity index (χ1) is 9.94. The first kappa shape index (κ1) is 17.2. The molecule has 1 aliphatic heterocycles. The van der Waals surface area contributed by atoms with Crippen molar-refractivity contribution >= 4 is 9.84 Å². The number of sulfone groups is 1. The molecule has 0 amide bonds. The zero-order valence-electron chi connectivity index (χ0n) is 13.7. The number of rotatable bonds is 5. The fraction of sp³-hybridized carbons (Fsp3) is 1.00. The van der Waals surface area contributed by atoms with Crippen molar-refractivity contribution in [3.8, 4) is 0 Å². The SMILES string of the molecule is CCCC1CCCN(C2(CN)CCCC2S(C)(=O)=O)CC1. The highest BCUT2D eigenvalue weighted by Crippen LogP contribution is 2.40. The molecule has 2 aliphatic rings. The van der Waals surface area contributed by atoms with Gasteiger partial charge in [-0.2, -0.15) is 0 Å². The van der Waals surface area contributed by atoms with Crippen molar-refractivity contribution in [1.29, 1.82) is 0 Å². The third-order valence-corrected chi connectivity index (χ3v) is 7.43. The third-order valence-electron chi connectivity index (χ3n) is 5.72. The molecule has 1 aliphatic carbocycles. The molecule has 3 atom stereocenters. The first-order valence-electron chi connectivity index (χ1n) is 8.58. The van der Waals surface area contributed by atoms with Gasteiger partial charge in [0, 0.05) is 18.3 Å².